The second-order valence-electron chi connectivity index (χ2n) is 7.60. The molecule has 6 nitrogen and oxygen atoms in total. The van der Waals surface area contributed by atoms with Crippen LogP contribution in [0.1, 0.15) is 25.3 Å². The standard InChI is InChI=1S/C25H26N4O2S/c1-2-3-17-32(30,31)27-18-19-9-11-20(12-10-19)23-24(21-13-15-26-16-14-21)29-25(28-23)22-7-5-4-6-8-22/h4-16,27H,2-3,17-18H2,1H3,(H,28,29). The molecule has 4 rings (SSSR count). The Bertz CT molecular complexity index is 1250. The molecule has 0 aliphatic heterocycles. The summed E-state index contributed by atoms with van der Waals surface area (Å²) in [5.41, 5.74) is 5.61. The van der Waals surface area contributed by atoms with Crippen LogP contribution in [0, 0.1) is 0 Å². The molecule has 32 heavy (non-hydrogen) atoms. The van der Waals surface area contributed by atoms with E-state index in [0.717, 1.165) is 45.9 Å². The lowest BCUT2D eigenvalue weighted by molar-refractivity contribution is 0.578. The van der Waals surface area contributed by atoms with Crippen LogP contribution in [0.5, 0.6) is 0 Å². The molecular weight excluding hydrogens is 420 g/mol. The topological polar surface area (TPSA) is 87.7 Å². The van der Waals surface area contributed by atoms with Crippen molar-refractivity contribution in [1.29, 1.82) is 0 Å². The van der Waals surface area contributed by atoms with Gasteiger partial charge < -0.3 is 4.98 Å². The van der Waals surface area contributed by atoms with E-state index in [-0.39, 0.29) is 12.3 Å². The number of imidazole rings is 1. The van der Waals surface area contributed by atoms with Crippen molar-refractivity contribution in [1.82, 2.24) is 19.7 Å². The third kappa shape index (κ3) is 5.30. The highest BCUT2D eigenvalue weighted by Crippen LogP contribution is 2.32. The summed E-state index contributed by atoms with van der Waals surface area (Å²) in [5, 5.41) is 0. The van der Waals surface area contributed by atoms with Gasteiger partial charge in [-0.2, -0.15) is 0 Å². The lowest BCUT2D eigenvalue weighted by Gasteiger charge is -2.07. The van der Waals surface area contributed by atoms with Crippen LogP contribution in [-0.4, -0.2) is 29.1 Å². The second-order valence-corrected chi connectivity index (χ2v) is 9.53. The highest BCUT2D eigenvalue weighted by Gasteiger charge is 2.15. The fourth-order valence-corrected chi connectivity index (χ4v) is 4.62. The van der Waals surface area contributed by atoms with Gasteiger partial charge in [0.05, 0.1) is 17.1 Å². The number of unbranched alkanes of at least 4 members (excludes halogenated alkanes) is 1. The number of aromatic amines is 1. The summed E-state index contributed by atoms with van der Waals surface area (Å²) >= 11 is 0. The van der Waals surface area contributed by atoms with Crippen molar-refractivity contribution in [3.05, 3.63) is 84.7 Å². The number of nitrogens with zero attached hydrogens (tertiary/aromatic N) is 2. The van der Waals surface area contributed by atoms with Gasteiger partial charge in [0.25, 0.3) is 0 Å². The van der Waals surface area contributed by atoms with E-state index in [1.165, 1.54) is 0 Å². The van der Waals surface area contributed by atoms with E-state index >= 15 is 0 Å². The van der Waals surface area contributed by atoms with Crippen LogP contribution in [0.3, 0.4) is 0 Å². The molecule has 2 heterocycles. The molecule has 0 saturated heterocycles. The van der Waals surface area contributed by atoms with E-state index in [9.17, 15) is 8.42 Å². The van der Waals surface area contributed by atoms with E-state index in [1.807, 2.05) is 73.7 Å². The fraction of sp³-hybridized carbons (Fsp3) is 0.200. The highest BCUT2D eigenvalue weighted by atomic mass is 32.2. The van der Waals surface area contributed by atoms with Gasteiger partial charge >= 0.3 is 0 Å². The first kappa shape index (κ1) is 21.9. The van der Waals surface area contributed by atoms with Crippen LogP contribution in [0.4, 0.5) is 0 Å². The molecule has 2 aromatic carbocycles. The maximum absolute atomic E-state index is 12.1. The maximum Gasteiger partial charge on any atom is 0.211 e. The number of pyridine rings is 1. The molecule has 2 aromatic heterocycles. The molecule has 0 amide bonds. The number of sulfonamides is 1. The predicted octanol–water partition coefficient (Wildman–Crippen LogP) is 5.03. The molecule has 0 saturated carbocycles. The Labute approximate surface area is 188 Å². The number of benzene rings is 2. The number of rotatable bonds is 9. The van der Waals surface area contributed by atoms with Crippen molar-refractivity contribution in [3.63, 3.8) is 0 Å². The van der Waals surface area contributed by atoms with Crippen LogP contribution < -0.4 is 4.72 Å². The van der Waals surface area contributed by atoms with Crippen molar-refractivity contribution in [3.8, 4) is 33.9 Å². The Balaban J connectivity index is 1.62. The molecule has 0 aliphatic rings. The number of nitrogens with one attached hydrogen (secondary N) is 2. The molecule has 0 spiro atoms. The van der Waals surface area contributed by atoms with E-state index in [0.29, 0.717) is 6.42 Å². The molecular formula is C25H26N4O2S. The van der Waals surface area contributed by atoms with Gasteiger partial charge in [-0.1, -0.05) is 67.9 Å². The van der Waals surface area contributed by atoms with Crippen molar-refractivity contribution < 1.29 is 8.42 Å². The van der Waals surface area contributed by atoms with Gasteiger partial charge in [0.2, 0.25) is 10.0 Å². The van der Waals surface area contributed by atoms with E-state index in [4.69, 9.17) is 4.98 Å². The summed E-state index contributed by atoms with van der Waals surface area (Å²) < 4.78 is 26.8. The second kappa shape index (κ2) is 9.89. The van der Waals surface area contributed by atoms with Gasteiger partial charge in [-0.3, -0.25) is 4.98 Å². The fourth-order valence-electron chi connectivity index (χ4n) is 3.42. The summed E-state index contributed by atoms with van der Waals surface area (Å²) in [5.74, 6) is 0.951. The first-order chi connectivity index (χ1) is 15.6. The highest BCUT2D eigenvalue weighted by molar-refractivity contribution is 7.89. The lowest BCUT2D eigenvalue weighted by Crippen LogP contribution is -2.25. The molecule has 0 aliphatic carbocycles. The molecule has 0 fully saturated rings. The Morgan fingerprint density at radius 3 is 2.28 bits per heavy atom. The quantitative estimate of drug-likeness (QED) is 0.378. The number of hydrogen-bond donors (Lipinski definition) is 2. The van der Waals surface area contributed by atoms with Gasteiger partial charge in [0, 0.05) is 35.6 Å². The van der Waals surface area contributed by atoms with Crippen LogP contribution in [0.15, 0.2) is 79.1 Å². The average molecular weight is 447 g/mol. The summed E-state index contributed by atoms with van der Waals surface area (Å²) in [4.78, 5) is 12.5. The molecule has 2 N–H and O–H groups in total. The summed E-state index contributed by atoms with van der Waals surface area (Å²) in [7, 11) is -3.25. The normalized spacial score (nSPS) is 11.5. The molecule has 4 aromatic rings. The summed E-state index contributed by atoms with van der Waals surface area (Å²) in [6.07, 6.45) is 5.03. The zero-order valence-electron chi connectivity index (χ0n) is 18.0. The van der Waals surface area contributed by atoms with E-state index in [1.54, 1.807) is 12.4 Å². The smallest absolute Gasteiger partial charge is 0.211 e. The third-order valence-corrected chi connectivity index (χ3v) is 6.62. The first-order valence-corrected chi connectivity index (χ1v) is 12.3. The van der Waals surface area contributed by atoms with Crippen LogP contribution >= 0.6 is 0 Å². The molecule has 164 valence electrons. The van der Waals surface area contributed by atoms with Gasteiger partial charge in [-0.15, -0.1) is 0 Å². The molecule has 7 heteroatoms. The van der Waals surface area contributed by atoms with Gasteiger partial charge in [0.15, 0.2) is 0 Å². The summed E-state index contributed by atoms with van der Waals surface area (Å²) in [6.45, 7) is 2.26. The molecule has 0 atom stereocenters. The van der Waals surface area contributed by atoms with Gasteiger partial charge in [-0.05, 0) is 24.1 Å². The SMILES string of the molecule is CCCCS(=O)(=O)NCc1ccc(-c2nc(-c3ccccc3)[nH]c2-c2ccncc2)cc1. The molecule has 0 bridgehead atoms. The van der Waals surface area contributed by atoms with Gasteiger partial charge in [0.1, 0.15) is 5.82 Å². The zero-order valence-corrected chi connectivity index (χ0v) is 18.8. The van der Waals surface area contributed by atoms with Gasteiger partial charge in [-0.25, -0.2) is 18.1 Å². The molecule has 0 radical (unpaired) electrons. The number of H-pyrrole nitrogens is 1. The largest absolute Gasteiger partial charge is 0.337 e. The first-order valence-electron chi connectivity index (χ1n) is 10.7. The zero-order chi connectivity index (χ0) is 22.4. The molecule has 0 unspecified atom stereocenters. The predicted molar refractivity (Wildman–Crippen MR) is 128 cm³/mol. The third-order valence-electron chi connectivity index (χ3n) is 5.21. The Morgan fingerprint density at radius 1 is 0.875 bits per heavy atom. The van der Waals surface area contributed by atoms with Crippen molar-refractivity contribution >= 4 is 10.0 Å². The Hall–Kier alpha value is -3.29. The van der Waals surface area contributed by atoms with E-state index < -0.39 is 10.0 Å². The monoisotopic (exact) mass is 446 g/mol. The minimum atomic E-state index is -3.25. The van der Waals surface area contributed by atoms with Crippen molar-refractivity contribution in [2.75, 3.05) is 5.75 Å². The van der Waals surface area contributed by atoms with Crippen molar-refractivity contribution in [2.45, 2.75) is 26.3 Å². The van der Waals surface area contributed by atoms with Crippen LogP contribution in [-0.2, 0) is 16.6 Å². The lowest BCUT2D eigenvalue weighted by atomic mass is 10.0. The minimum absolute atomic E-state index is 0.159. The van der Waals surface area contributed by atoms with Crippen LogP contribution in [0.25, 0.3) is 33.9 Å². The Kier molecular flexibility index (Phi) is 6.78. The number of hydrogen-bond acceptors (Lipinski definition) is 4. The average Bonchev–Trinajstić information content (AvgIpc) is 3.29. The van der Waals surface area contributed by atoms with Crippen LogP contribution in [0.2, 0.25) is 0 Å². The number of aromatic nitrogens is 3. The summed E-state index contributed by atoms with van der Waals surface area (Å²) in [6, 6.07) is 21.7. The Morgan fingerprint density at radius 2 is 1.59 bits per heavy atom. The maximum atomic E-state index is 12.1. The van der Waals surface area contributed by atoms with Crippen molar-refractivity contribution in [2.24, 2.45) is 0 Å². The minimum Gasteiger partial charge on any atom is -0.337 e. The van der Waals surface area contributed by atoms with E-state index in [2.05, 4.69) is 14.7 Å².